The summed E-state index contributed by atoms with van der Waals surface area (Å²) in [7, 11) is -3.96. The van der Waals surface area contributed by atoms with Crippen LogP contribution in [-0.4, -0.2) is 48.7 Å². The zero-order chi connectivity index (χ0) is 24.6. The largest absolute Gasteiger partial charge is 0.336 e. The van der Waals surface area contributed by atoms with Crippen molar-refractivity contribution in [2.45, 2.75) is 72.0 Å². The van der Waals surface area contributed by atoms with Gasteiger partial charge in [0.15, 0.2) is 0 Å². The molecular weight excluding hydrogens is 493 g/mol. The van der Waals surface area contributed by atoms with Crippen molar-refractivity contribution in [3.8, 4) is 5.88 Å². The molecule has 0 bridgehead atoms. The van der Waals surface area contributed by atoms with Crippen LogP contribution in [0.5, 0.6) is 5.88 Å². The minimum absolute atomic E-state index is 0.00359. The van der Waals surface area contributed by atoms with E-state index in [0.717, 1.165) is 50.3 Å². The van der Waals surface area contributed by atoms with Crippen LogP contribution in [0.25, 0.3) is 0 Å². The van der Waals surface area contributed by atoms with Gasteiger partial charge in [0.1, 0.15) is 11.9 Å². The highest BCUT2D eigenvalue weighted by molar-refractivity contribution is 8.00. The first-order chi connectivity index (χ1) is 16.8. The van der Waals surface area contributed by atoms with Gasteiger partial charge in [-0.3, -0.25) is 4.79 Å². The molecule has 2 aromatic rings. The molecule has 2 heterocycles. The summed E-state index contributed by atoms with van der Waals surface area (Å²) in [5, 5.41) is 5.06. The van der Waals surface area contributed by atoms with Crippen molar-refractivity contribution in [2.24, 2.45) is 5.14 Å². The molecule has 0 spiro atoms. The monoisotopic (exact) mass is 521 g/mol. The van der Waals surface area contributed by atoms with Crippen molar-refractivity contribution in [3.63, 3.8) is 0 Å². The van der Waals surface area contributed by atoms with Gasteiger partial charge in [-0.2, -0.15) is 4.89 Å². The number of sulfonamides is 1. The van der Waals surface area contributed by atoms with Crippen molar-refractivity contribution in [1.29, 1.82) is 0 Å². The normalized spacial score (nSPS) is 19.4. The van der Waals surface area contributed by atoms with E-state index in [4.69, 9.17) is 14.9 Å². The first-order valence-corrected chi connectivity index (χ1v) is 14.3. The highest BCUT2D eigenvalue weighted by Crippen LogP contribution is 2.40. The lowest BCUT2D eigenvalue weighted by Crippen LogP contribution is -2.52. The van der Waals surface area contributed by atoms with Gasteiger partial charge >= 0.3 is 0 Å². The summed E-state index contributed by atoms with van der Waals surface area (Å²) < 4.78 is 37.1. The molecule has 1 aliphatic heterocycles. The van der Waals surface area contributed by atoms with Crippen LogP contribution < -0.4 is 10.0 Å². The smallest absolute Gasteiger partial charge is 0.257 e. The lowest BCUT2D eigenvalue weighted by molar-refractivity contribution is -0.253. The fraction of sp³-hybridized carbons (Fsp3) is 0.500. The van der Waals surface area contributed by atoms with E-state index in [9.17, 15) is 17.6 Å². The SMILES string of the molecule is NS(=O)(=O)c1ccc(SC2CN(C(=O)c3cc(OOC4CCCCC4)nc(C4CC4)c3)C2)c(F)c1. The molecule has 1 aromatic heterocycles. The molecule has 0 atom stereocenters. The summed E-state index contributed by atoms with van der Waals surface area (Å²) in [6.45, 7) is 0.908. The van der Waals surface area contributed by atoms with E-state index in [0.29, 0.717) is 35.3 Å². The Hall–Kier alpha value is -2.21. The predicted octanol–water partition coefficient (Wildman–Crippen LogP) is 4.01. The van der Waals surface area contributed by atoms with Crippen LogP contribution in [0.1, 0.15) is 66.9 Å². The first-order valence-electron chi connectivity index (χ1n) is 11.9. The average molecular weight is 522 g/mol. The topological polar surface area (TPSA) is 112 Å². The number of nitrogens with zero attached hydrogens (tertiary/aromatic N) is 2. The third-order valence-corrected chi connectivity index (χ3v) is 8.67. The molecule has 1 aromatic carbocycles. The third-order valence-electron chi connectivity index (χ3n) is 6.55. The minimum Gasteiger partial charge on any atom is -0.336 e. The van der Waals surface area contributed by atoms with Gasteiger partial charge in [0.05, 0.1) is 4.90 Å². The van der Waals surface area contributed by atoms with Gasteiger partial charge < -0.3 is 9.79 Å². The fourth-order valence-corrected chi connectivity index (χ4v) is 6.07. The van der Waals surface area contributed by atoms with Crippen LogP contribution in [-0.2, 0) is 14.9 Å². The van der Waals surface area contributed by atoms with Gasteiger partial charge in [-0.1, -0.05) is 19.3 Å². The van der Waals surface area contributed by atoms with Crippen molar-refractivity contribution in [2.75, 3.05) is 13.1 Å². The van der Waals surface area contributed by atoms with Crippen molar-refractivity contribution in [1.82, 2.24) is 9.88 Å². The van der Waals surface area contributed by atoms with E-state index in [2.05, 4.69) is 4.98 Å². The number of primary sulfonamides is 1. The molecule has 1 saturated heterocycles. The maximum absolute atomic E-state index is 14.3. The molecule has 2 aliphatic carbocycles. The summed E-state index contributed by atoms with van der Waals surface area (Å²) >= 11 is 1.28. The number of rotatable bonds is 8. The summed E-state index contributed by atoms with van der Waals surface area (Å²) in [6, 6.07) is 7.08. The Morgan fingerprint density at radius 3 is 2.49 bits per heavy atom. The van der Waals surface area contributed by atoms with Crippen molar-refractivity contribution >= 4 is 27.7 Å². The van der Waals surface area contributed by atoms with E-state index in [1.807, 2.05) is 6.07 Å². The lowest BCUT2D eigenvalue weighted by atomic mass is 9.98. The molecule has 8 nitrogen and oxygen atoms in total. The highest BCUT2D eigenvalue weighted by atomic mass is 32.2. The molecule has 0 radical (unpaired) electrons. The standard InChI is InChI=1S/C24H28FN3O5S2/c25-20-12-19(35(26,30)31)8-9-22(20)34-18-13-28(14-18)24(29)16-10-21(15-6-7-15)27-23(11-16)33-32-17-4-2-1-3-5-17/h8-12,15,17-18H,1-7,13-14H2,(H2,26,30,31). The van der Waals surface area contributed by atoms with Gasteiger partial charge in [0.2, 0.25) is 10.0 Å². The van der Waals surface area contributed by atoms with Gasteiger partial charge in [-0.15, -0.1) is 11.8 Å². The van der Waals surface area contributed by atoms with Crippen LogP contribution in [0.15, 0.2) is 40.1 Å². The molecular formula is C24H28FN3O5S2. The molecule has 3 fully saturated rings. The second-order valence-electron chi connectivity index (χ2n) is 9.42. The molecule has 1 amide bonds. The van der Waals surface area contributed by atoms with Gasteiger partial charge in [0, 0.05) is 46.5 Å². The number of aromatic nitrogens is 1. The molecule has 3 aliphatic rings. The van der Waals surface area contributed by atoms with Crippen molar-refractivity contribution < 1.29 is 27.4 Å². The van der Waals surface area contributed by atoms with Crippen LogP contribution in [0.3, 0.4) is 0 Å². The van der Waals surface area contributed by atoms with Gasteiger partial charge in [-0.25, -0.2) is 22.9 Å². The summed E-state index contributed by atoms with van der Waals surface area (Å²) in [5.74, 6) is -0.109. The molecule has 11 heteroatoms. The van der Waals surface area contributed by atoms with Crippen LogP contribution in [0.4, 0.5) is 4.39 Å². The van der Waals surface area contributed by atoms with E-state index >= 15 is 0 Å². The summed E-state index contributed by atoms with van der Waals surface area (Å²) in [6.07, 6.45) is 7.55. The Bertz CT molecular complexity index is 1210. The van der Waals surface area contributed by atoms with Crippen LogP contribution >= 0.6 is 11.8 Å². The van der Waals surface area contributed by atoms with Crippen LogP contribution in [0.2, 0.25) is 0 Å². The predicted molar refractivity (Wildman–Crippen MR) is 128 cm³/mol. The Balaban J connectivity index is 1.21. The van der Waals surface area contributed by atoms with Crippen LogP contribution in [0, 0.1) is 5.82 Å². The number of thioether (sulfide) groups is 1. The number of hydrogen-bond donors (Lipinski definition) is 1. The van der Waals surface area contributed by atoms with E-state index < -0.39 is 15.8 Å². The van der Waals surface area contributed by atoms with E-state index in [-0.39, 0.29) is 22.2 Å². The number of benzene rings is 1. The van der Waals surface area contributed by atoms with Gasteiger partial charge in [0.25, 0.3) is 11.8 Å². The second-order valence-corrected chi connectivity index (χ2v) is 12.3. The first kappa shape index (κ1) is 24.5. The Morgan fingerprint density at radius 2 is 1.83 bits per heavy atom. The molecule has 188 valence electrons. The number of nitrogens with two attached hydrogens (primary N) is 1. The number of halogens is 1. The summed E-state index contributed by atoms with van der Waals surface area (Å²) in [5.41, 5.74) is 1.36. The molecule has 0 unspecified atom stereocenters. The van der Waals surface area contributed by atoms with Gasteiger partial charge in [-0.05, 0) is 49.9 Å². The Kier molecular flexibility index (Phi) is 7.02. The van der Waals surface area contributed by atoms with Crippen molar-refractivity contribution in [3.05, 3.63) is 47.4 Å². The maximum atomic E-state index is 14.3. The number of carbonyl (C=O) groups excluding carboxylic acids is 1. The summed E-state index contributed by atoms with van der Waals surface area (Å²) in [4.78, 5) is 30.6. The Labute approximate surface area is 208 Å². The lowest BCUT2D eigenvalue weighted by Gasteiger charge is -2.39. The average Bonchev–Trinajstić information content (AvgIpc) is 3.66. The zero-order valence-corrected chi connectivity index (χ0v) is 20.8. The number of amides is 1. The number of carbonyl (C=O) groups is 1. The zero-order valence-electron chi connectivity index (χ0n) is 19.2. The maximum Gasteiger partial charge on any atom is 0.257 e. The molecule has 35 heavy (non-hydrogen) atoms. The minimum atomic E-state index is -3.96. The van der Waals surface area contributed by atoms with E-state index in [1.165, 1.54) is 30.3 Å². The quantitative estimate of drug-likeness (QED) is 0.413. The Morgan fingerprint density at radius 1 is 1.09 bits per heavy atom. The molecule has 2 saturated carbocycles. The van der Waals surface area contributed by atoms with E-state index in [1.54, 1.807) is 11.0 Å². The second kappa shape index (κ2) is 10.0. The highest BCUT2D eigenvalue weighted by Gasteiger charge is 2.34. The fourth-order valence-electron chi connectivity index (χ4n) is 4.35. The number of pyridine rings is 1. The molecule has 2 N–H and O–H groups in total. The third kappa shape index (κ3) is 5.96. The number of hydrogen-bond acceptors (Lipinski definition) is 7. The number of likely N-dealkylation sites (tertiary alicyclic amines) is 1. The molecule has 5 rings (SSSR count).